The van der Waals surface area contributed by atoms with Crippen molar-refractivity contribution in [2.24, 2.45) is 11.6 Å². The molecular weight excluding hydrogens is 508 g/mol. The predicted molar refractivity (Wildman–Crippen MR) is 156 cm³/mol. The third-order valence-corrected chi connectivity index (χ3v) is 9.52. The molecule has 0 radical (unpaired) electrons. The lowest BCUT2D eigenvalue weighted by Gasteiger charge is -2.40. The van der Waals surface area contributed by atoms with Crippen LogP contribution in [0.5, 0.6) is 0 Å². The molecule has 1 aliphatic rings. The fraction of sp³-hybridized carbons (Fsp3) is 0.258. The highest BCUT2D eigenvalue weighted by Crippen LogP contribution is 2.43. The molecule has 1 atom stereocenters. The van der Waals surface area contributed by atoms with E-state index in [0.717, 1.165) is 45.4 Å². The second-order valence-corrected chi connectivity index (χ2v) is 11.9. The lowest BCUT2D eigenvalue weighted by molar-refractivity contribution is -0.118. The van der Waals surface area contributed by atoms with Crippen molar-refractivity contribution in [3.05, 3.63) is 107 Å². The van der Waals surface area contributed by atoms with E-state index in [1.807, 2.05) is 60.7 Å². The van der Waals surface area contributed by atoms with Gasteiger partial charge in [-0.1, -0.05) is 72.8 Å². The maximum Gasteiger partial charge on any atom is 0.278 e. The summed E-state index contributed by atoms with van der Waals surface area (Å²) < 4.78 is 29.7. The van der Waals surface area contributed by atoms with Gasteiger partial charge in [0.25, 0.3) is 10.0 Å². The van der Waals surface area contributed by atoms with Crippen LogP contribution in [0.4, 0.5) is 5.69 Å². The zero-order chi connectivity index (χ0) is 27.6. The van der Waals surface area contributed by atoms with Gasteiger partial charge in [0.05, 0.1) is 10.6 Å². The summed E-state index contributed by atoms with van der Waals surface area (Å²) in [5, 5.41) is 1.60. The summed E-state index contributed by atoms with van der Waals surface area (Å²) in [7, 11) is -4.29. The van der Waals surface area contributed by atoms with E-state index >= 15 is 0 Å². The molecule has 0 amide bonds. The molecule has 1 heterocycles. The lowest BCUT2D eigenvalue weighted by atomic mass is 9.80. The van der Waals surface area contributed by atoms with Crippen LogP contribution >= 0.6 is 0 Å². The summed E-state index contributed by atoms with van der Waals surface area (Å²) >= 11 is 0. The fourth-order valence-corrected chi connectivity index (χ4v) is 7.41. The van der Waals surface area contributed by atoms with E-state index in [0.29, 0.717) is 42.9 Å². The van der Waals surface area contributed by atoms with E-state index < -0.39 is 15.6 Å². The van der Waals surface area contributed by atoms with E-state index in [1.54, 1.807) is 31.2 Å². The second-order valence-electron chi connectivity index (χ2n) is 10.2. The first-order chi connectivity index (χ1) is 18.8. The molecule has 4 aromatic carbocycles. The van der Waals surface area contributed by atoms with Crippen molar-refractivity contribution in [1.29, 1.82) is 0 Å². The molecule has 7 nitrogen and oxygen atoms in total. The van der Waals surface area contributed by atoms with E-state index in [9.17, 15) is 13.2 Å². The third-order valence-electron chi connectivity index (χ3n) is 7.75. The standard InChI is InChI=1S/C31H34N4O3S/c1-23-19-26-11-5-6-12-28(26)29(30(23)39(37,38)35(33)27-15-13-25(21-32)14-16-27)31(22-36,34-17-7-8-18-34)20-24-9-3-2-4-10-24/h2-6,9-16,19,22H,7-8,17-18,20-21,32-33H2,1H3. The number of hydrogen-bond donors (Lipinski definition) is 2. The van der Waals surface area contributed by atoms with Crippen molar-refractivity contribution in [3.8, 4) is 0 Å². The summed E-state index contributed by atoms with van der Waals surface area (Å²) in [5.41, 5.74) is 7.66. The molecule has 4 aromatic rings. The van der Waals surface area contributed by atoms with Gasteiger partial charge in [-0.25, -0.2) is 10.3 Å². The van der Waals surface area contributed by atoms with Crippen LogP contribution in [0, 0.1) is 6.92 Å². The topological polar surface area (TPSA) is 110 Å². The lowest BCUT2D eigenvalue weighted by Crippen LogP contribution is -2.50. The van der Waals surface area contributed by atoms with Crippen LogP contribution in [0.1, 0.15) is 35.1 Å². The number of carbonyl (C=O) groups excluding carboxylic acids is 1. The number of sulfonamides is 1. The average molecular weight is 543 g/mol. The average Bonchev–Trinajstić information content (AvgIpc) is 3.51. The number of nitrogens with two attached hydrogens (primary N) is 2. The minimum atomic E-state index is -4.29. The molecular formula is C31H34N4O3S. The monoisotopic (exact) mass is 542 g/mol. The minimum absolute atomic E-state index is 0.0709. The summed E-state index contributed by atoms with van der Waals surface area (Å²) in [5.74, 6) is 6.38. The maximum absolute atomic E-state index is 14.4. The van der Waals surface area contributed by atoms with E-state index in [4.69, 9.17) is 11.6 Å². The van der Waals surface area contributed by atoms with Gasteiger partial charge in [-0.3, -0.25) is 4.90 Å². The van der Waals surface area contributed by atoms with Gasteiger partial charge >= 0.3 is 0 Å². The third kappa shape index (κ3) is 4.85. The smallest absolute Gasteiger partial charge is 0.278 e. The van der Waals surface area contributed by atoms with Gasteiger partial charge in [-0.2, -0.15) is 8.42 Å². The molecule has 0 bridgehead atoms. The van der Waals surface area contributed by atoms with Crippen LogP contribution in [-0.4, -0.2) is 32.7 Å². The SMILES string of the molecule is Cc1cc2ccccc2c(C(C=O)(Cc2ccccc2)N2CCCC2)c1S(=O)(=O)N(N)c1ccc(CN)cc1. The molecule has 0 saturated carbocycles. The number of fused-ring (bicyclic) bond motifs is 1. The number of aryl methyl sites for hydroxylation is 1. The largest absolute Gasteiger partial charge is 0.326 e. The maximum atomic E-state index is 14.4. The Balaban J connectivity index is 1.81. The van der Waals surface area contributed by atoms with E-state index in [-0.39, 0.29) is 4.90 Å². The number of nitrogens with zero attached hydrogens (tertiary/aromatic N) is 2. The van der Waals surface area contributed by atoms with Gasteiger partial charge in [0.1, 0.15) is 11.8 Å². The first kappa shape index (κ1) is 27.0. The number of carbonyl (C=O) groups is 1. The van der Waals surface area contributed by atoms with Crippen LogP contribution in [0.25, 0.3) is 10.8 Å². The van der Waals surface area contributed by atoms with Crippen molar-refractivity contribution >= 4 is 32.8 Å². The van der Waals surface area contributed by atoms with Gasteiger partial charge in [0, 0.05) is 18.5 Å². The number of hydrazine groups is 1. The zero-order valence-corrected chi connectivity index (χ0v) is 22.9. The summed E-state index contributed by atoms with van der Waals surface area (Å²) in [6, 6.07) is 26.1. The van der Waals surface area contributed by atoms with Gasteiger partial charge < -0.3 is 10.5 Å². The van der Waals surface area contributed by atoms with Crippen molar-refractivity contribution in [2.75, 3.05) is 17.5 Å². The minimum Gasteiger partial charge on any atom is -0.326 e. The van der Waals surface area contributed by atoms with Crippen molar-refractivity contribution in [3.63, 3.8) is 0 Å². The van der Waals surface area contributed by atoms with Crippen molar-refractivity contribution in [2.45, 2.75) is 43.2 Å². The summed E-state index contributed by atoms with van der Waals surface area (Å²) in [6.07, 6.45) is 3.16. The van der Waals surface area contributed by atoms with Crippen LogP contribution in [0.3, 0.4) is 0 Å². The van der Waals surface area contributed by atoms with Crippen LogP contribution in [0.15, 0.2) is 89.8 Å². The molecule has 0 aromatic heterocycles. The highest BCUT2D eigenvalue weighted by atomic mass is 32.2. The quantitative estimate of drug-likeness (QED) is 0.184. The first-order valence-corrected chi connectivity index (χ1v) is 14.6. The predicted octanol–water partition coefficient (Wildman–Crippen LogP) is 4.41. The Hall–Kier alpha value is -3.56. The van der Waals surface area contributed by atoms with Gasteiger partial charge in [-0.15, -0.1) is 0 Å². The van der Waals surface area contributed by atoms with Crippen LogP contribution < -0.4 is 16.0 Å². The number of rotatable bonds is 9. The molecule has 1 saturated heterocycles. The number of anilines is 1. The fourth-order valence-electron chi connectivity index (χ4n) is 5.80. The van der Waals surface area contributed by atoms with Gasteiger partial charge in [0.15, 0.2) is 0 Å². The molecule has 0 aliphatic carbocycles. The Labute approximate surface area is 230 Å². The summed E-state index contributed by atoms with van der Waals surface area (Å²) in [4.78, 5) is 15.7. The van der Waals surface area contributed by atoms with E-state index in [1.165, 1.54) is 0 Å². The molecule has 39 heavy (non-hydrogen) atoms. The van der Waals surface area contributed by atoms with Gasteiger partial charge in [-0.05, 0) is 72.5 Å². The Morgan fingerprint density at radius 1 is 0.923 bits per heavy atom. The van der Waals surface area contributed by atoms with E-state index in [2.05, 4.69) is 4.90 Å². The Morgan fingerprint density at radius 3 is 2.21 bits per heavy atom. The molecule has 1 fully saturated rings. The zero-order valence-electron chi connectivity index (χ0n) is 22.1. The summed E-state index contributed by atoms with van der Waals surface area (Å²) in [6.45, 7) is 3.50. The normalized spacial score (nSPS) is 15.8. The van der Waals surface area contributed by atoms with Crippen LogP contribution in [-0.2, 0) is 33.3 Å². The molecule has 202 valence electrons. The molecule has 0 spiro atoms. The Bertz CT molecular complexity index is 1580. The highest BCUT2D eigenvalue weighted by Gasteiger charge is 2.46. The second kappa shape index (κ2) is 10.9. The van der Waals surface area contributed by atoms with Crippen molar-refractivity contribution < 1.29 is 13.2 Å². The highest BCUT2D eigenvalue weighted by molar-refractivity contribution is 7.92. The number of benzene rings is 4. The van der Waals surface area contributed by atoms with Gasteiger partial charge in [0.2, 0.25) is 0 Å². The molecule has 1 unspecified atom stereocenters. The molecule has 8 heteroatoms. The first-order valence-electron chi connectivity index (χ1n) is 13.2. The number of likely N-dealkylation sites (tertiary alicyclic amines) is 1. The number of aldehydes is 1. The Morgan fingerprint density at radius 2 is 1.56 bits per heavy atom. The molecule has 5 rings (SSSR count). The van der Waals surface area contributed by atoms with Crippen molar-refractivity contribution in [1.82, 2.24) is 4.90 Å². The van der Waals surface area contributed by atoms with Crippen LogP contribution in [0.2, 0.25) is 0 Å². The Kier molecular flexibility index (Phi) is 7.55. The molecule has 1 aliphatic heterocycles. The molecule has 4 N–H and O–H groups in total. The number of hydrogen-bond acceptors (Lipinski definition) is 6.